The van der Waals surface area contributed by atoms with Crippen molar-refractivity contribution in [3.05, 3.63) is 45.9 Å². The number of halogens is 1. The van der Waals surface area contributed by atoms with E-state index in [9.17, 15) is 4.79 Å². The van der Waals surface area contributed by atoms with Gasteiger partial charge in [0.15, 0.2) is 0 Å². The summed E-state index contributed by atoms with van der Waals surface area (Å²) in [4.78, 5) is 16.5. The predicted molar refractivity (Wildman–Crippen MR) is 98.8 cm³/mol. The van der Waals surface area contributed by atoms with Gasteiger partial charge in [-0.05, 0) is 30.5 Å². The molecule has 1 aromatic heterocycles. The molecule has 1 aromatic carbocycles. The van der Waals surface area contributed by atoms with Crippen LogP contribution in [0.25, 0.3) is 0 Å². The molecule has 7 heteroatoms. The Morgan fingerprint density at radius 2 is 2.25 bits per heavy atom. The maximum absolute atomic E-state index is 12.0. The number of amides is 1. The lowest BCUT2D eigenvalue weighted by molar-refractivity contribution is -0.121. The average molecular weight is 383 g/mol. The van der Waals surface area contributed by atoms with Crippen molar-refractivity contribution in [1.82, 2.24) is 10.3 Å². The van der Waals surface area contributed by atoms with Crippen molar-refractivity contribution in [2.45, 2.75) is 35.5 Å². The van der Waals surface area contributed by atoms with Gasteiger partial charge in [0.25, 0.3) is 0 Å². The number of ether oxygens (including phenoxy) is 1. The van der Waals surface area contributed by atoms with E-state index in [1.165, 1.54) is 5.56 Å². The number of aromatic nitrogens is 1. The standard InChI is InChI=1S/C17H19ClN2O2S2/c18-13-5-3-12(4-6-13)10-23-17-20-14(11-24-17)8-16(21)19-9-15-2-1-7-22-15/h3-6,11,15H,1-2,7-10H2,(H,19,21)/t15-/m0/s1. The van der Waals surface area contributed by atoms with Crippen LogP contribution in [-0.4, -0.2) is 30.1 Å². The van der Waals surface area contributed by atoms with Gasteiger partial charge in [-0.2, -0.15) is 0 Å². The van der Waals surface area contributed by atoms with Crippen LogP contribution in [0.2, 0.25) is 5.02 Å². The zero-order chi connectivity index (χ0) is 16.8. The first-order valence-electron chi connectivity index (χ1n) is 7.89. The monoisotopic (exact) mass is 382 g/mol. The van der Waals surface area contributed by atoms with E-state index >= 15 is 0 Å². The number of thioether (sulfide) groups is 1. The maximum atomic E-state index is 12.0. The molecule has 1 fully saturated rings. The first-order chi connectivity index (χ1) is 11.7. The molecular weight excluding hydrogens is 364 g/mol. The molecule has 1 atom stereocenters. The van der Waals surface area contributed by atoms with Crippen LogP contribution in [0.15, 0.2) is 34.0 Å². The maximum Gasteiger partial charge on any atom is 0.226 e. The summed E-state index contributed by atoms with van der Waals surface area (Å²) in [5.41, 5.74) is 2.03. The molecule has 1 aliphatic heterocycles. The van der Waals surface area contributed by atoms with Gasteiger partial charge in [0.05, 0.1) is 18.2 Å². The van der Waals surface area contributed by atoms with E-state index in [1.807, 2.05) is 29.6 Å². The van der Waals surface area contributed by atoms with Gasteiger partial charge in [-0.3, -0.25) is 4.79 Å². The average Bonchev–Trinajstić information content (AvgIpc) is 3.24. The fraction of sp³-hybridized carbons (Fsp3) is 0.412. The van der Waals surface area contributed by atoms with E-state index in [-0.39, 0.29) is 12.0 Å². The second-order valence-corrected chi connectivity index (χ2v) is 8.15. The first-order valence-corrected chi connectivity index (χ1v) is 10.1. The van der Waals surface area contributed by atoms with Crippen LogP contribution in [-0.2, 0) is 21.7 Å². The third-order valence-corrected chi connectivity index (χ3v) is 6.09. The molecule has 128 valence electrons. The van der Waals surface area contributed by atoms with E-state index in [0.717, 1.165) is 40.3 Å². The minimum absolute atomic E-state index is 0.00468. The summed E-state index contributed by atoms with van der Waals surface area (Å²) in [6, 6.07) is 7.82. The summed E-state index contributed by atoms with van der Waals surface area (Å²) in [5, 5.41) is 5.63. The van der Waals surface area contributed by atoms with Crippen molar-refractivity contribution in [2.75, 3.05) is 13.2 Å². The Morgan fingerprint density at radius 1 is 1.42 bits per heavy atom. The highest BCUT2D eigenvalue weighted by atomic mass is 35.5. The second kappa shape index (κ2) is 8.85. The Kier molecular flexibility index (Phi) is 6.54. The lowest BCUT2D eigenvalue weighted by atomic mass is 10.2. The molecule has 24 heavy (non-hydrogen) atoms. The number of nitrogens with one attached hydrogen (secondary N) is 1. The van der Waals surface area contributed by atoms with Gasteiger partial charge in [-0.25, -0.2) is 4.98 Å². The number of thiazole rings is 1. The summed E-state index contributed by atoms with van der Waals surface area (Å²) in [7, 11) is 0. The van der Waals surface area contributed by atoms with Crippen LogP contribution in [0.3, 0.4) is 0 Å². The van der Waals surface area contributed by atoms with Crippen molar-refractivity contribution < 1.29 is 9.53 Å². The third-order valence-electron chi connectivity index (χ3n) is 3.70. The molecule has 0 bridgehead atoms. The van der Waals surface area contributed by atoms with E-state index in [1.54, 1.807) is 23.1 Å². The molecule has 0 radical (unpaired) electrons. The Bertz CT molecular complexity index is 669. The van der Waals surface area contributed by atoms with Gasteiger partial charge in [-0.15, -0.1) is 11.3 Å². The normalized spacial score (nSPS) is 17.1. The van der Waals surface area contributed by atoms with Gasteiger partial charge >= 0.3 is 0 Å². The van der Waals surface area contributed by atoms with E-state index in [4.69, 9.17) is 16.3 Å². The molecule has 1 aliphatic rings. The second-order valence-electron chi connectivity index (χ2n) is 5.64. The Balaban J connectivity index is 1.42. The van der Waals surface area contributed by atoms with Crippen LogP contribution >= 0.6 is 34.7 Å². The van der Waals surface area contributed by atoms with Gasteiger partial charge in [0.1, 0.15) is 4.34 Å². The smallest absolute Gasteiger partial charge is 0.226 e. The zero-order valence-electron chi connectivity index (χ0n) is 13.2. The van der Waals surface area contributed by atoms with Crippen molar-refractivity contribution in [2.24, 2.45) is 0 Å². The van der Waals surface area contributed by atoms with Gasteiger partial charge in [-0.1, -0.05) is 35.5 Å². The lowest BCUT2D eigenvalue weighted by Crippen LogP contribution is -2.32. The van der Waals surface area contributed by atoms with Gasteiger partial charge in [0.2, 0.25) is 5.91 Å². The fourth-order valence-electron chi connectivity index (χ4n) is 2.42. The number of carbonyl (C=O) groups excluding carboxylic acids is 1. The molecule has 0 unspecified atom stereocenters. The molecule has 2 heterocycles. The topological polar surface area (TPSA) is 51.2 Å². The highest BCUT2D eigenvalue weighted by Crippen LogP contribution is 2.26. The molecule has 1 N–H and O–H groups in total. The summed E-state index contributed by atoms with van der Waals surface area (Å²) in [6.07, 6.45) is 2.61. The highest BCUT2D eigenvalue weighted by molar-refractivity contribution is 8.00. The van der Waals surface area contributed by atoms with Crippen LogP contribution in [0.5, 0.6) is 0 Å². The molecular formula is C17H19ClN2O2S2. The number of hydrogen-bond acceptors (Lipinski definition) is 5. The molecule has 0 saturated carbocycles. The highest BCUT2D eigenvalue weighted by Gasteiger charge is 2.16. The largest absolute Gasteiger partial charge is 0.376 e. The summed E-state index contributed by atoms with van der Waals surface area (Å²) >= 11 is 9.14. The van der Waals surface area contributed by atoms with Gasteiger partial charge < -0.3 is 10.1 Å². The number of benzene rings is 1. The molecule has 0 aliphatic carbocycles. The summed E-state index contributed by atoms with van der Waals surface area (Å²) in [5.74, 6) is 0.847. The molecule has 3 rings (SSSR count). The minimum Gasteiger partial charge on any atom is -0.376 e. The summed E-state index contributed by atoms with van der Waals surface area (Å²) < 4.78 is 6.48. The molecule has 1 saturated heterocycles. The van der Waals surface area contributed by atoms with E-state index in [2.05, 4.69) is 10.3 Å². The predicted octanol–water partition coefficient (Wildman–Crippen LogP) is 3.93. The number of carbonyl (C=O) groups is 1. The molecule has 1 amide bonds. The SMILES string of the molecule is O=C(Cc1csc(SCc2ccc(Cl)cc2)n1)NC[C@@H]1CCCO1. The fourth-order valence-corrected chi connectivity index (χ4v) is 4.35. The lowest BCUT2D eigenvalue weighted by Gasteiger charge is -2.09. The van der Waals surface area contributed by atoms with Crippen molar-refractivity contribution in [1.29, 1.82) is 0 Å². The van der Waals surface area contributed by atoms with E-state index < -0.39 is 0 Å². The van der Waals surface area contributed by atoms with Crippen LogP contribution < -0.4 is 5.32 Å². The third kappa shape index (κ3) is 5.48. The van der Waals surface area contributed by atoms with E-state index in [0.29, 0.717) is 13.0 Å². The van der Waals surface area contributed by atoms with Crippen molar-refractivity contribution in [3.63, 3.8) is 0 Å². The number of hydrogen-bond donors (Lipinski definition) is 1. The first kappa shape index (κ1) is 17.7. The zero-order valence-corrected chi connectivity index (χ0v) is 15.6. The van der Waals surface area contributed by atoms with Crippen LogP contribution in [0, 0.1) is 0 Å². The van der Waals surface area contributed by atoms with Crippen LogP contribution in [0.1, 0.15) is 24.1 Å². The Hall–Kier alpha value is -1.08. The minimum atomic E-state index is 0.00468. The number of rotatable bonds is 7. The Labute approximate surface area is 155 Å². The Morgan fingerprint density at radius 3 is 3.00 bits per heavy atom. The van der Waals surface area contributed by atoms with Gasteiger partial charge in [0, 0.05) is 29.3 Å². The summed E-state index contributed by atoms with van der Waals surface area (Å²) in [6.45, 7) is 1.40. The number of nitrogens with zero attached hydrogens (tertiary/aromatic N) is 1. The van der Waals surface area contributed by atoms with Crippen molar-refractivity contribution in [3.8, 4) is 0 Å². The van der Waals surface area contributed by atoms with Crippen LogP contribution in [0.4, 0.5) is 0 Å². The van der Waals surface area contributed by atoms with Crippen molar-refractivity contribution >= 4 is 40.6 Å². The molecule has 4 nitrogen and oxygen atoms in total. The molecule has 0 spiro atoms. The molecule has 2 aromatic rings. The quantitative estimate of drug-likeness (QED) is 0.737.